The Morgan fingerprint density at radius 3 is 2.86 bits per heavy atom. The average molecular weight is 200 g/mol. The van der Waals surface area contributed by atoms with Crippen LogP contribution in [0, 0.1) is 11.8 Å². The highest BCUT2D eigenvalue weighted by Gasteiger charge is 2.25. The van der Waals surface area contributed by atoms with E-state index in [9.17, 15) is 5.11 Å². The molecule has 1 rings (SSSR count). The summed E-state index contributed by atoms with van der Waals surface area (Å²) in [5.74, 6) is 1.38. The molecule has 2 heteroatoms. The molecule has 0 heterocycles. The summed E-state index contributed by atoms with van der Waals surface area (Å²) in [6.07, 6.45) is 7.04. The quantitative estimate of drug-likeness (QED) is 0.739. The molecule has 0 saturated heterocycles. The van der Waals surface area contributed by atoms with Gasteiger partial charge in [-0.3, -0.25) is 0 Å². The van der Waals surface area contributed by atoms with Crippen LogP contribution in [0.25, 0.3) is 0 Å². The second-order valence-corrected chi connectivity index (χ2v) is 4.55. The van der Waals surface area contributed by atoms with Gasteiger partial charge < -0.3 is 9.84 Å². The molecule has 84 valence electrons. The van der Waals surface area contributed by atoms with Gasteiger partial charge in [-0.2, -0.15) is 0 Å². The van der Waals surface area contributed by atoms with Crippen molar-refractivity contribution in [2.45, 2.75) is 51.6 Å². The first kappa shape index (κ1) is 12.0. The molecule has 2 nitrogen and oxygen atoms in total. The maximum absolute atomic E-state index is 9.94. The molecule has 0 aliphatic heterocycles. The van der Waals surface area contributed by atoms with E-state index < -0.39 is 0 Å². The smallest absolute Gasteiger partial charge is 0.0590 e. The summed E-state index contributed by atoms with van der Waals surface area (Å²) in [6.45, 7) is 2.95. The van der Waals surface area contributed by atoms with Crippen LogP contribution >= 0.6 is 0 Å². The van der Waals surface area contributed by atoms with Crippen LogP contribution in [-0.4, -0.2) is 24.9 Å². The van der Waals surface area contributed by atoms with E-state index in [1.54, 1.807) is 7.11 Å². The molecule has 3 atom stereocenters. The van der Waals surface area contributed by atoms with E-state index in [0.29, 0.717) is 12.5 Å². The topological polar surface area (TPSA) is 29.5 Å². The third-order valence-corrected chi connectivity index (χ3v) is 3.56. The van der Waals surface area contributed by atoms with Crippen LogP contribution in [0.4, 0.5) is 0 Å². The van der Waals surface area contributed by atoms with Crippen LogP contribution in [0.2, 0.25) is 0 Å². The first-order chi connectivity index (χ1) is 6.77. The number of hydrogen-bond acceptors (Lipinski definition) is 2. The van der Waals surface area contributed by atoms with E-state index in [0.717, 1.165) is 12.3 Å². The highest BCUT2D eigenvalue weighted by atomic mass is 16.5. The van der Waals surface area contributed by atoms with E-state index in [1.807, 2.05) is 0 Å². The van der Waals surface area contributed by atoms with Crippen molar-refractivity contribution < 1.29 is 9.84 Å². The van der Waals surface area contributed by atoms with Crippen LogP contribution in [-0.2, 0) is 4.74 Å². The molecule has 14 heavy (non-hydrogen) atoms. The van der Waals surface area contributed by atoms with Crippen molar-refractivity contribution in [3.8, 4) is 0 Å². The van der Waals surface area contributed by atoms with Crippen LogP contribution in [0.5, 0.6) is 0 Å². The predicted molar refractivity (Wildman–Crippen MR) is 58.2 cm³/mol. The van der Waals surface area contributed by atoms with Gasteiger partial charge in [-0.25, -0.2) is 0 Å². The first-order valence-electron chi connectivity index (χ1n) is 5.95. The third kappa shape index (κ3) is 3.58. The molecular weight excluding hydrogens is 176 g/mol. The van der Waals surface area contributed by atoms with E-state index in [1.165, 1.54) is 32.1 Å². The molecule has 1 aliphatic rings. The molecule has 1 N–H and O–H groups in total. The Labute approximate surface area is 87.7 Å². The monoisotopic (exact) mass is 200 g/mol. The molecular formula is C12H24O2. The average Bonchev–Trinajstić information content (AvgIpc) is 2.26. The van der Waals surface area contributed by atoms with E-state index >= 15 is 0 Å². The van der Waals surface area contributed by atoms with Crippen LogP contribution < -0.4 is 0 Å². The molecule has 0 aromatic rings. The van der Waals surface area contributed by atoms with Gasteiger partial charge in [0.05, 0.1) is 6.10 Å². The van der Waals surface area contributed by atoms with Crippen LogP contribution in [0.3, 0.4) is 0 Å². The van der Waals surface area contributed by atoms with Gasteiger partial charge in [0, 0.05) is 13.7 Å². The standard InChI is InChI=1S/C12H24O2/c1-3-10-5-4-6-11(9-10)12(13)7-8-14-2/h10-13H,3-9H2,1-2H3. The number of aliphatic hydroxyl groups is 1. The zero-order valence-corrected chi connectivity index (χ0v) is 9.54. The lowest BCUT2D eigenvalue weighted by molar-refractivity contribution is 0.0398. The largest absolute Gasteiger partial charge is 0.393 e. The van der Waals surface area contributed by atoms with Gasteiger partial charge in [0.2, 0.25) is 0 Å². The number of hydrogen-bond donors (Lipinski definition) is 1. The number of aliphatic hydroxyl groups excluding tert-OH is 1. The van der Waals surface area contributed by atoms with Gasteiger partial charge in [-0.05, 0) is 31.1 Å². The van der Waals surface area contributed by atoms with Crippen molar-refractivity contribution in [1.29, 1.82) is 0 Å². The maximum atomic E-state index is 9.94. The van der Waals surface area contributed by atoms with E-state index in [2.05, 4.69) is 6.92 Å². The Hall–Kier alpha value is -0.0800. The number of methoxy groups -OCH3 is 1. The van der Waals surface area contributed by atoms with Gasteiger partial charge in [-0.1, -0.05) is 26.2 Å². The van der Waals surface area contributed by atoms with E-state index in [4.69, 9.17) is 4.74 Å². The summed E-state index contributed by atoms with van der Waals surface area (Å²) in [5, 5.41) is 9.94. The highest BCUT2D eigenvalue weighted by Crippen LogP contribution is 2.33. The fourth-order valence-electron chi connectivity index (χ4n) is 2.53. The van der Waals surface area contributed by atoms with Crippen molar-refractivity contribution in [2.24, 2.45) is 11.8 Å². The van der Waals surface area contributed by atoms with Crippen molar-refractivity contribution in [2.75, 3.05) is 13.7 Å². The third-order valence-electron chi connectivity index (χ3n) is 3.56. The molecule has 0 bridgehead atoms. The van der Waals surface area contributed by atoms with Crippen molar-refractivity contribution >= 4 is 0 Å². The Morgan fingerprint density at radius 2 is 2.21 bits per heavy atom. The molecule has 0 radical (unpaired) electrons. The number of ether oxygens (including phenoxy) is 1. The maximum Gasteiger partial charge on any atom is 0.0590 e. The molecule has 0 aromatic carbocycles. The van der Waals surface area contributed by atoms with Crippen LogP contribution in [0.15, 0.2) is 0 Å². The minimum absolute atomic E-state index is 0.135. The zero-order valence-electron chi connectivity index (χ0n) is 9.54. The van der Waals surface area contributed by atoms with Crippen molar-refractivity contribution in [3.05, 3.63) is 0 Å². The molecule has 0 amide bonds. The normalized spacial score (nSPS) is 30.2. The first-order valence-corrected chi connectivity index (χ1v) is 5.95. The van der Waals surface area contributed by atoms with Crippen molar-refractivity contribution in [3.63, 3.8) is 0 Å². The molecule has 1 fully saturated rings. The summed E-state index contributed by atoms with van der Waals surface area (Å²) in [7, 11) is 1.70. The lowest BCUT2D eigenvalue weighted by Crippen LogP contribution is -2.27. The molecule has 0 aromatic heterocycles. The molecule has 1 saturated carbocycles. The summed E-state index contributed by atoms with van der Waals surface area (Å²) < 4.78 is 5.00. The van der Waals surface area contributed by atoms with Crippen LogP contribution in [0.1, 0.15) is 45.4 Å². The van der Waals surface area contributed by atoms with Gasteiger partial charge in [0.15, 0.2) is 0 Å². The summed E-state index contributed by atoms with van der Waals surface area (Å²) in [5.41, 5.74) is 0. The minimum atomic E-state index is -0.135. The number of rotatable bonds is 5. The van der Waals surface area contributed by atoms with Gasteiger partial charge in [0.25, 0.3) is 0 Å². The van der Waals surface area contributed by atoms with E-state index in [-0.39, 0.29) is 6.10 Å². The summed E-state index contributed by atoms with van der Waals surface area (Å²) >= 11 is 0. The fourth-order valence-corrected chi connectivity index (χ4v) is 2.53. The molecule has 0 spiro atoms. The lowest BCUT2D eigenvalue weighted by Gasteiger charge is -2.31. The Balaban J connectivity index is 2.27. The van der Waals surface area contributed by atoms with Gasteiger partial charge in [-0.15, -0.1) is 0 Å². The zero-order chi connectivity index (χ0) is 10.4. The highest BCUT2D eigenvalue weighted by molar-refractivity contribution is 4.77. The second-order valence-electron chi connectivity index (χ2n) is 4.55. The summed E-state index contributed by atoms with van der Waals surface area (Å²) in [4.78, 5) is 0. The molecule has 1 aliphatic carbocycles. The fraction of sp³-hybridized carbons (Fsp3) is 1.00. The Morgan fingerprint density at radius 1 is 1.43 bits per heavy atom. The van der Waals surface area contributed by atoms with Gasteiger partial charge >= 0.3 is 0 Å². The lowest BCUT2D eigenvalue weighted by atomic mass is 9.77. The second kappa shape index (κ2) is 6.41. The Bertz CT molecular complexity index is 147. The SMILES string of the molecule is CCC1CCCC(C(O)CCOC)C1. The predicted octanol–water partition coefficient (Wildman–Crippen LogP) is 2.60. The molecule has 3 unspecified atom stereocenters. The summed E-state index contributed by atoms with van der Waals surface area (Å²) in [6, 6.07) is 0. The van der Waals surface area contributed by atoms with Crippen molar-refractivity contribution in [1.82, 2.24) is 0 Å². The van der Waals surface area contributed by atoms with Gasteiger partial charge in [0.1, 0.15) is 0 Å². The Kier molecular flexibility index (Phi) is 5.49. The minimum Gasteiger partial charge on any atom is -0.393 e.